The normalized spacial score (nSPS) is 18.5. The standard InChI is InChI=1S/C17H27FN4O.HI/c1-3-22-8-4-5-15(22)11-21-17(19)20-10-13-6-7-16(18)14(9-13)12-23-2;/h6-7,9,15H,3-5,8,10-12H2,1-2H3,(H3,19,20,21);1H. The number of likely N-dealkylation sites (N-methyl/N-ethyl adjacent to an activating group) is 1. The molecule has 0 spiro atoms. The Morgan fingerprint density at radius 3 is 3.00 bits per heavy atom. The molecule has 1 aliphatic rings. The topological polar surface area (TPSA) is 62.9 Å². The molecule has 1 atom stereocenters. The van der Waals surface area contributed by atoms with Gasteiger partial charge in [0.1, 0.15) is 5.82 Å². The van der Waals surface area contributed by atoms with Gasteiger partial charge in [-0.1, -0.05) is 13.0 Å². The maximum absolute atomic E-state index is 13.6. The second-order valence-electron chi connectivity index (χ2n) is 5.87. The largest absolute Gasteiger partial charge is 0.380 e. The molecule has 1 unspecified atom stereocenters. The zero-order valence-electron chi connectivity index (χ0n) is 14.4. The van der Waals surface area contributed by atoms with E-state index in [1.165, 1.54) is 18.9 Å². The third-order valence-electron chi connectivity index (χ3n) is 4.27. The Balaban J connectivity index is 0.00000288. The van der Waals surface area contributed by atoms with Crippen LogP contribution < -0.4 is 11.1 Å². The molecule has 1 heterocycles. The molecule has 7 heteroatoms. The van der Waals surface area contributed by atoms with Crippen LogP contribution in [0.3, 0.4) is 0 Å². The number of halogens is 2. The van der Waals surface area contributed by atoms with E-state index < -0.39 is 0 Å². The first-order valence-corrected chi connectivity index (χ1v) is 8.18. The van der Waals surface area contributed by atoms with Crippen molar-refractivity contribution in [3.05, 3.63) is 35.1 Å². The smallest absolute Gasteiger partial charge is 0.188 e. The summed E-state index contributed by atoms with van der Waals surface area (Å²) in [5.74, 6) is 0.178. The number of benzene rings is 1. The number of aliphatic imine (C=N–C) groups is 1. The number of ether oxygens (including phenoxy) is 1. The van der Waals surface area contributed by atoms with Gasteiger partial charge in [0.2, 0.25) is 0 Å². The van der Waals surface area contributed by atoms with Crippen LogP contribution >= 0.6 is 24.0 Å². The predicted molar refractivity (Wildman–Crippen MR) is 106 cm³/mol. The van der Waals surface area contributed by atoms with Gasteiger partial charge in [-0.2, -0.15) is 0 Å². The minimum atomic E-state index is -0.258. The third kappa shape index (κ3) is 6.18. The molecule has 0 bridgehead atoms. The molecule has 1 saturated heterocycles. The molecule has 136 valence electrons. The number of guanidine groups is 1. The van der Waals surface area contributed by atoms with E-state index in [4.69, 9.17) is 10.5 Å². The SMILES string of the molecule is CCN1CCCC1CNC(N)=NCc1ccc(F)c(COC)c1.I. The molecule has 1 aromatic rings. The lowest BCUT2D eigenvalue weighted by atomic mass is 10.1. The number of rotatable bonds is 7. The molecule has 0 aromatic heterocycles. The van der Waals surface area contributed by atoms with Crippen LogP contribution in [0.15, 0.2) is 23.2 Å². The lowest BCUT2D eigenvalue weighted by molar-refractivity contribution is 0.181. The average molecular weight is 450 g/mol. The van der Waals surface area contributed by atoms with Crippen LogP contribution in [0.1, 0.15) is 30.9 Å². The van der Waals surface area contributed by atoms with Crippen molar-refractivity contribution in [1.82, 2.24) is 10.2 Å². The monoisotopic (exact) mass is 450 g/mol. The van der Waals surface area contributed by atoms with Gasteiger partial charge in [-0.05, 0) is 43.6 Å². The first kappa shape index (κ1) is 21.1. The maximum Gasteiger partial charge on any atom is 0.188 e. The van der Waals surface area contributed by atoms with E-state index in [1.54, 1.807) is 19.2 Å². The average Bonchev–Trinajstić information content (AvgIpc) is 3.01. The molecule has 5 nitrogen and oxygen atoms in total. The quantitative estimate of drug-likeness (QED) is 0.381. The van der Waals surface area contributed by atoms with Crippen molar-refractivity contribution >= 4 is 29.9 Å². The Bertz CT molecular complexity index is 541. The van der Waals surface area contributed by atoms with Crippen LogP contribution in [0.25, 0.3) is 0 Å². The van der Waals surface area contributed by atoms with E-state index in [9.17, 15) is 4.39 Å². The van der Waals surface area contributed by atoms with Crippen molar-refractivity contribution in [3.63, 3.8) is 0 Å². The molecule has 0 amide bonds. The first-order valence-electron chi connectivity index (χ1n) is 8.18. The Morgan fingerprint density at radius 2 is 2.29 bits per heavy atom. The van der Waals surface area contributed by atoms with E-state index in [1.807, 2.05) is 0 Å². The minimum absolute atomic E-state index is 0. The number of likely N-dealkylation sites (tertiary alicyclic amines) is 1. The van der Waals surface area contributed by atoms with Crippen molar-refractivity contribution in [1.29, 1.82) is 0 Å². The fourth-order valence-corrected chi connectivity index (χ4v) is 2.99. The molecule has 1 aliphatic heterocycles. The number of hydrogen-bond donors (Lipinski definition) is 2. The molecule has 1 aromatic carbocycles. The van der Waals surface area contributed by atoms with Gasteiger partial charge in [0, 0.05) is 25.3 Å². The summed E-state index contributed by atoms with van der Waals surface area (Å²) in [6.07, 6.45) is 2.45. The highest BCUT2D eigenvalue weighted by Gasteiger charge is 2.22. The van der Waals surface area contributed by atoms with Crippen molar-refractivity contribution in [2.75, 3.05) is 26.7 Å². The highest BCUT2D eigenvalue weighted by Crippen LogP contribution is 2.15. The second-order valence-corrected chi connectivity index (χ2v) is 5.87. The zero-order chi connectivity index (χ0) is 16.7. The van der Waals surface area contributed by atoms with Gasteiger partial charge in [0.05, 0.1) is 13.2 Å². The van der Waals surface area contributed by atoms with Gasteiger partial charge in [-0.3, -0.25) is 4.90 Å². The molecule has 0 aliphatic carbocycles. The van der Waals surface area contributed by atoms with Crippen molar-refractivity contribution in [2.24, 2.45) is 10.7 Å². The van der Waals surface area contributed by atoms with E-state index in [2.05, 4.69) is 22.1 Å². The van der Waals surface area contributed by atoms with Crippen LogP contribution in [-0.4, -0.2) is 43.6 Å². The highest BCUT2D eigenvalue weighted by molar-refractivity contribution is 14.0. The number of nitrogens with one attached hydrogen (secondary N) is 1. The van der Waals surface area contributed by atoms with Gasteiger partial charge >= 0.3 is 0 Å². The minimum Gasteiger partial charge on any atom is -0.380 e. The Kier molecular flexibility index (Phi) is 9.53. The summed E-state index contributed by atoms with van der Waals surface area (Å²) in [5, 5.41) is 3.20. The molecular formula is C17H28FIN4O. The highest BCUT2D eigenvalue weighted by atomic mass is 127. The summed E-state index contributed by atoms with van der Waals surface area (Å²) < 4.78 is 18.5. The van der Waals surface area contributed by atoms with E-state index >= 15 is 0 Å². The van der Waals surface area contributed by atoms with Crippen LogP contribution in [0.2, 0.25) is 0 Å². The van der Waals surface area contributed by atoms with Crippen LogP contribution in [0.4, 0.5) is 4.39 Å². The molecule has 24 heavy (non-hydrogen) atoms. The van der Waals surface area contributed by atoms with Crippen molar-refractivity contribution in [2.45, 2.75) is 39.0 Å². The first-order chi connectivity index (χ1) is 11.1. The number of hydrogen-bond acceptors (Lipinski definition) is 3. The van der Waals surface area contributed by atoms with Gasteiger partial charge in [0.15, 0.2) is 5.96 Å². The summed E-state index contributed by atoms with van der Waals surface area (Å²) in [4.78, 5) is 6.79. The van der Waals surface area contributed by atoms with Crippen molar-refractivity contribution < 1.29 is 9.13 Å². The van der Waals surface area contributed by atoms with Crippen LogP contribution in [0, 0.1) is 5.82 Å². The molecular weight excluding hydrogens is 422 g/mol. The van der Waals surface area contributed by atoms with Gasteiger partial charge in [-0.15, -0.1) is 24.0 Å². The van der Waals surface area contributed by atoms with E-state index in [-0.39, 0.29) is 36.4 Å². The fourth-order valence-electron chi connectivity index (χ4n) is 2.99. The lowest BCUT2D eigenvalue weighted by Crippen LogP contribution is -2.42. The Hall–Kier alpha value is -0.930. The van der Waals surface area contributed by atoms with Crippen LogP contribution in [-0.2, 0) is 17.9 Å². The van der Waals surface area contributed by atoms with Crippen LogP contribution in [0.5, 0.6) is 0 Å². The number of nitrogens with two attached hydrogens (primary N) is 1. The van der Waals surface area contributed by atoms with Gasteiger partial charge in [-0.25, -0.2) is 9.38 Å². The molecule has 3 N–H and O–H groups in total. The third-order valence-corrected chi connectivity index (χ3v) is 4.27. The van der Waals surface area contributed by atoms with Crippen molar-refractivity contribution in [3.8, 4) is 0 Å². The van der Waals surface area contributed by atoms with E-state index in [0.717, 1.165) is 25.2 Å². The summed E-state index contributed by atoms with van der Waals surface area (Å²) >= 11 is 0. The summed E-state index contributed by atoms with van der Waals surface area (Å²) in [6, 6.07) is 5.47. The molecule has 1 fully saturated rings. The number of nitrogens with zero attached hydrogens (tertiary/aromatic N) is 2. The maximum atomic E-state index is 13.6. The predicted octanol–water partition coefficient (Wildman–Crippen LogP) is 2.48. The second kappa shape index (κ2) is 10.8. The summed E-state index contributed by atoms with van der Waals surface area (Å²) in [6.45, 7) is 5.92. The van der Waals surface area contributed by atoms with Gasteiger partial charge < -0.3 is 15.8 Å². The molecule has 2 rings (SSSR count). The van der Waals surface area contributed by atoms with Gasteiger partial charge in [0.25, 0.3) is 0 Å². The fraction of sp³-hybridized carbons (Fsp3) is 0.588. The summed E-state index contributed by atoms with van der Waals surface area (Å²) in [7, 11) is 1.55. The number of methoxy groups -OCH3 is 1. The van der Waals surface area contributed by atoms with E-state index in [0.29, 0.717) is 24.1 Å². The Labute approximate surface area is 160 Å². The zero-order valence-corrected chi connectivity index (χ0v) is 16.8. The summed E-state index contributed by atoms with van der Waals surface area (Å²) in [5.41, 5.74) is 7.39. The Morgan fingerprint density at radius 1 is 1.50 bits per heavy atom. The molecule has 0 radical (unpaired) electrons. The lowest BCUT2D eigenvalue weighted by Gasteiger charge is -2.23. The molecule has 0 saturated carbocycles.